The Bertz CT molecular complexity index is 1270. The number of hydrogen-bond donors (Lipinski definition) is 1. The zero-order valence-corrected chi connectivity index (χ0v) is 20.0. The Balaban J connectivity index is 1.90. The van der Waals surface area contributed by atoms with Gasteiger partial charge in [-0.3, -0.25) is 19.5 Å². The van der Waals surface area contributed by atoms with E-state index in [9.17, 15) is 19.5 Å². The lowest BCUT2D eigenvalue weighted by Crippen LogP contribution is -2.29. The number of benzene rings is 1. The van der Waals surface area contributed by atoms with Gasteiger partial charge in [-0.2, -0.15) is 0 Å². The fourth-order valence-electron chi connectivity index (χ4n) is 3.53. The van der Waals surface area contributed by atoms with Gasteiger partial charge in [-0.05, 0) is 43.7 Å². The molecule has 168 valence electrons. The number of esters is 1. The SMILES string of the molecule is CCOC(=O)c1sc(N2C(=O)C(=O)/C(=C(/O)c3ccncc3)C2c2ccc(Br)cc2)nc1C. The van der Waals surface area contributed by atoms with Crippen molar-refractivity contribution in [2.24, 2.45) is 0 Å². The van der Waals surface area contributed by atoms with Gasteiger partial charge in [0.05, 0.1) is 23.9 Å². The molecule has 1 unspecified atom stereocenters. The predicted octanol–water partition coefficient (Wildman–Crippen LogP) is 4.41. The van der Waals surface area contributed by atoms with Crippen LogP contribution in [0.5, 0.6) is 0 Å². The van der Waals surface area contributed by atoms with E-state index in [1.54, 1.807) is 50.2 Å². The highest BCUT2D eigenvalue weighted by Crippen LogP contribution is 2.44. The van der Waals surface area contributed by atoms with Gasteiger partial charge in [0.2, 0.25) is 0 Å². The number of pyridine rings is 1. The fourth-order valence-corrected chi connectivity index (χ4v) is 4.78. The third-order valence-electron chi connectivity index (χ3n) is 5.04. The molecule has 10 heteroatoms. The van der Waals surface area contributed by atoms with Crippen LogP contribution in [-0.4, -0.2) is 39.3 Å². The van der Waals surface area contributed by atoms with E-state index in [4.69, 9.17) is 4.74 Å². The molecule has 1 aromatic carbocycles. The molecule has 1 fully saturated rings. The van der Waals surface area contributed by atoms with Gasteiger partial charge in [-0.15, -0.1) is 0 Å². The Morgan fingerprint density at radius 3 is 2.48 bits per heavy atom. The van der Waals surface area contributed by atoms with Crippen molar-refractivity contribution in [1.29, 1.82) is 0 Å². The zero-order valence-electron chi connectivity index (χ0n) is 17.6. The van der Waals surface area contributed by atoms with Crippen LogP contribution in [0.4, 0.5) is 5.13 Å². The normalized spacial score (nSPS) is 17.4. The summed E-state index contributed by atoms with van der Waals surface area (Å²) in [5, 5.41) is 11.2. The summed E-state index contributed by atoms with van der Waals surface area (Å²) in [6, 6.07) is 9.21. The minimum atomic E-state index is -0.938. The van der Waals surface area contributed by atoms with Gasteiger partial charge < -0.3 is 9.84 Å². The lowest BCUT2D eigenvalue weighted by atomic mass is 9.96. The highest BCUT2D eigenvalue weighted by atomic mass is 79.9. The lowest BCUT2D eigenvalue weighted by molar-refractivity contribution is -0.132. The smallest absolute Gasteiger partial charge is 0.350 e. The van der Waals surface area contributed by atoms with Crippen molar-refractivity contribution >= 4 is 55.8 Å². The number of nitrogens with zero attached hydrogens (tertiary/aromatic N) is 3. The molecule has 0 bridgehead atoms. The Labute approximate surface area is 201 Å². The number of ketones is 1. The summed E-state index contributed by atoms with van der Waals surface area (Å²) in [5.41, 5.74) is 1.27. The lowest BCUT2D eigenvalue weighted by Gasteiger charge is -2.23. The molecule has 1 aliphatic rings. The molecule has 3 heterocycles. The number of hydrogen-bond acceptors (Lipinski definition) is 8. The van der Waals surface area contributed by atoms with Gasteiger partial charge in [0.15, 0.2) is 5.13 Å². The number of carbonyl (C=O) groups is 3. The second-order valence-electron chi connectivity index (χ2n) is 7.09. The Hall–Kier alpha value is -3.37. The number of ether oxygens (including phenoxy) is 1. The number of rotatable bonds is 5. The first-order chi connectivity index (χ1) is 15.8. The molecule has 3 aromatic rings. The van der Waals surface area contributed by atoms with Crippen LogP contribution in [0.3, 0.4) is 0 Å². The van der Waals surface area contributed by atoms with Crippen LogP contribution in [0, 0.1) is 6.92 Å². The second-order valence-corrected chi connectivity index (χ2v) is 8.98. The monoisotopic (exact) mass is 527 g/mol. The number of aryl methyl sites for hydroxylation is 1. The van der Waals surface area contributed by atoms with Crippen LogP contribution in [-0.2, 0) is 14.3 Å². The van der Waals surface area contributed by atoms with E-state index in [-0.39, 0.29) is 27.9 Å². The van der Waals surface area contributed by atoms with Crippen molar-refractivity contribution in [1.82, 2.24) is 9.97 Å². The van der Waals surface area contributed by atoms with Gasteiger partial charge in [0.1, 0.15) is 10.6 Å². The molecule has 1 aliphatic heterocycles. The molecule has 0 radical (unpaired) electrons. The number of halogens is 1. The van der Waals surface area contributed by atoms with Crippen molar-refractivity contribution < 1.29 is 24.2 Å². The van der Waals surface area contributed by atoms with E-state index < -0.39 is 23.7 Å². The topological polar surface area (TPSA) is 110 Å². The van der Waals surface area contributed by atoms with Crippen LogP contribution in [0.15, 0.2) is 58.8 Å². The third-order valence-corrected chi connectivity index (χ3v) is 6.70. The summed E-state index contributed by atoms with van der Waals surface area (Å²) < 4.78 is 5.89. The number of carbonyl (C=O) groups excluding carboxylic acids is 3. The largest absolute Gasteiger partial charge is 0.507 e. The highest BCUT2D eigenvalue weighted by Gasteiger charge is 2.48. The van der Waals surface area contributed by atoms with E-state index in [1.807, 2.05) is 0 Å². The summed E-state index contributed by atoms with van der Waals surface area (Å²) >= 11 is 4.35. The molecular formula is C23H18BrN3O5S. The maximum Gasteiger partial charge on any atom is 0.350 e. The molecule has 0 spiro atoms. The molecular weight excluding hydrogens is 510 g/mol. The van der Waals surface area contributed by atoms with E-state index in [0.717, 1.165) is 15.8 Å². The summed E-state index contributed by atoms with van der Waals surface area (Å²) in [6.45, 7) is 3.52. The standard InChI is InChI=1S/C23H18BrN3O5S/c1-3-32-22(31)20-12(2)26-23(33-20)27-17(13-4-6-15(24)7-5-13)16(19(29)21(27)30)18(28)14-8-10-25-11-9-14/h4-11,17,28H,3H2,1-2H3/b18-16+. The van der Waals surface area contributed by atoms with Crippen LogP contribution < -0.4 is 4.90 Å². The minimum Gasteiger partial charge on any atom is -0.507 e. The van der Waals surface area contributed by atoms with Gasteiger partial charge in [0, 0.05) is 22.4 Å². The molecule has 1 atom stereocenters. The molecule has 1 saturated heterocycles. The average molecular weight is 528 g/mol. The number of aromatic nitrogens is 2. The van der Waals surface area contributed by atoms with E-state index in [0.29, 0.717) is 16.8 Å². The molecule has 8 nitrogen and oxygen atoms in total. The molecule has 33 heavy (non-hydrogen) atoms. The van der Waals surface area contributed by atoms with Crippen molar-refractivity contribution in [2.45, 2.75) is 19.9 Å². The van der Waals surface area contributed by atoms with Crippen molar-refractivity contribution in [3.05, 3.63) is 80.5 Å². The maximum atomic E-state index is 13.2. The number of Topliss-reactive ketones (excluding diaryl/α,β-unsaturated/α-hetero) is 1. The summed E-state index contributed by atoms with van der Waals surface area (Å²) in [6.07, 6.45) is 2.96. The third kappa shape index (κ3) is 4.19. The molecule has 0 aliphatic carbocycles. The van der Waals surface area contributed by atoms with Gasteiger partial charge in [0.25, 0.3) is 5.78 Å². The first-order valence-electron chi connectivity index (χ1n) is 9.94. The average Bonchev–Trinajstić information content (AvgIpc) is 3.32. The number of thiazole rings is 1. The zero-order chi connectivity index (χ0) is 23.7. The number of aliphatic hydroxyl groups is 1. The fraction of sp³-hybridized carbons (Fsp3) is 0.174. The van der Waals surface area contributed by atoms with Gasteiger partial charge in [-0.1, -0.05) is 39.4 Å². The highest BCUT2D eigenvalue weighted by molar-refractivity contribution is 9.10. The maximum absolute atomic E-state index is 13.2. The minimum absolute atomic E-state index is 0.0703. The number of anilines is 1. The van der Waals surface area contributed by atoms with Crippen LogP contribution in [0.1, 0.15) is 39.5 Å². The van der Waals surface area contributed by atoms with Crippen molar-refractivity contribution in [3.63, 3.8) is 0 Å². The van der Waals surface area contributed by atoms with E-state index in [1.165, 1.54) is 17.3 Å². The number of amides is 1. The molecule has 1 amide bonds. The van der Waals surface area contributed by atoms with Crippen LogP contribution >= 0.6 is 27.3 Å². The van der Waals surface area contributed by atoms with E-state index >= 15 is 0 Å². The summed E-state index contributed by atoms with van der Waals surface area (Å²) in [7, 11) is 0. The molecule has 4 rings (SSSR count). The van der Waals surface area contributed by atoms with Crippen LogP contribution in [0.25, 0.3) is 5.76 Å². The van der Waals surface area contributed by atoms with Crippen molar-refractivity contribution in [3.8, 4) is 0 Å². The quantitative estimate of drug-likeness (QED) is 0.226. The summed E-state index contributed by atoms with van der Waals surface area (Å²) in [5.74, 6) is -2.55. The van der Waals surface area contributed by atoms with E-state index in [2.05, 4.69) is 25.9 Å². The van der Waals surface area contributed by atoms with Crippen LogP contribution in [0.2, 0.25) is 0 Å². The first kappa shape index (κ1) is 22.8. The summed E-state index contributed by atoms with van der Waals surface area (Å²) in [4.78, 5) is 48.4. The van der Waals surface area contributed by atoms with Gasteiger partial charge >= 0.3 is 11.9 Å². The Morgan fingerprint density at radius 1 is 1.18 bits per heavy atom. The Kier molecular flexibility index (Phi) is 6.39. The molecule has 0 saturated carbocycles. The first-order valence-corrected chi connectivity index (χ1v) is 11.6. The van der Waals surface area contributed by atoms with Crippen molar-refractivity contribution in [2.75, 3.05) is 11.5 Å². The predicted molar refractivity (Wildman–Crippen MR) is 126 cm³/mol. The molecule has 1 N–H and O–H groups in total. The number of aliphatic hydroxyl groups excluding tert-OH is 1. The Morgan fingerprint density at radius 2 is 1.85 bits per heavy atom. The molecule has 2 aromatic heterocycles. The second kappa shape index (κ2) is 9.24. The van der Waals surface area contributed by atoms with Gasteiger partial charge in [-0.25, -0.2) is 9.78 Å².